The van der Waals surface area contributed by atoms with Crippen LogP contribution in [-0.4, -0.2) is 11.3 Å². The summed E-state index contributed by atoms with van der Waals surface area (Å²) in [7, 11) is 0. The molecular weight excluding hydrogens is 296 g/mol. The molecule has 1 aromatic carbocycles. The second-order valence-corrected chi connectivity index (χ2v) is 6.35. The summed E-state index contributed by atoms with van der Waals surface area (Å²) in [5.74, 6) is 0.126. The molecule has 0 aliphatic heterocycles. The fraction of sp³-hybridized carbons (Fsp3) is 0.333. The third kappa shape index (κ3) is 2.67. The van der Waals surface area contributed by atoms with Crippen molar-refractivity contribution in [3.8, 4) is 0 Å². The number of pyridine rings is 1. The minimum atomic E-state index is -0.105. The molecule has 0 amide bonds. The van der Waals surface area contributed by atoms with E-state index in [0.717, 1.165) is 47.1 Å². The maximum Gasteiger partial charge on any atom is 0.127 e. The Morgan fingerprint density at radius 3 is 2.95 bits per heavy atom. The highest BCUT2D eigenvalue weighted by atomic mass is 35.5. The van der Waals surface area contributed by atoms with Crippen LogP contribution in [0.1, 0.15) is 46.2 Å². The lowest BCUT2D eigenvalue weighted by molar-refractivity contribution is -0.109. The van der Waals surface area contributed by atoms with Gasteiger partial charge in [0.15, 0.2) is 0 Å². The van der Waals surface area contributed by atoms with E-state index < -0.39 is 0 Å². The molecule has 3 rings (SSSR count). The summed E-state index contributed by atoms with van der Waals surface area (Å²) in [6, 6.07) is 7.80. The summed E-state index contributed by atoms with van der Waals surface area (Å²) in [5, 5.41) is 0.706. The van der Waals surface area contributed by atoms with Gasteiger partial charge in [-0.15, -0.1) is 0 Å². The zero-order chi connectivity index (χ0) is 15.7. The van der Waals surface area contributed by atoms with Crippen LogP contribution in [-0.2, 0) is 17.8 Å². The summed E-state index contributed by atoms with van der Waals surface area (Å²) in [6.07, 6.45) is 4.48. The Bertz CT molecular complexity index is 714. The smallest absolute Gasteiger partial charge is 0.127 e. The number of aldehydes is 1. The van der Waals surface area contributed by atoms with Crippen molar-refractivity contribution in [2.24, 2.45) is 5.73 Å². The lowest BCUT2D eigenvalue weighted by atomic mass is 9.74. The van der Waals surface area contributed by atoms with Crippen molar-refractivity contribution in [1.29, 1.82) is 0 Å². The van der Waals surface area contributed by atoms with Crippen LogP contribution in [0.25, 0.3) is 0 Å². The Hall–Kier alpha value is -1.71. The molecule has 1 heterocycles. The molecule has 2 N–H and O–H groups in total. The first kappa shape index (κ1) is 15.2. The van der Waals surface area contributed by atoms with Gasteiger partial charge in [-0.1, -0.05) is 17.7 Å². The number of nitrogens with zero attached hydrogens (tertiary/aromatic N) is 1. The van der Waals surface area contributed by atoms with Gasteiger partial charge in [-0.25, -0.2) is 0 Å². The van der Waals surface area contributed by atoms with Gasteiger partial charge in [-0.2, -0.15) is 0 Å². The van der Waals surface area contributed by atoms with E-state index in [1.165, 1.54) is 0 Å². The van der Waals surface area contributed by atoms with Crippen molar-refractivity contribution in [3.63, 3.8) is 0 Å². The van der Waals surface area contributed by atoms with E-state index in [9.17, 15) is 4.79 Å². The van der Waals surface area contributed by atoms with Gasteiger partial charge in [0.05, 0.1) is 0 Å². The Morgan fingerprint density at radius 1 is 1.41 bits per heavy atom. The highest BCUT2D eigenvalue weighted by Crippen LogP contribution is 2.41. The standard InChI is InChI=1S/C18H19ClN2O/c1-11-4-5-21-17-7-13(6-14(10-22)18(11)17)16-8-15(19)3-2-12(16)9-20/h2-5,8,10,13-14H,6-7,9,20H2,1H3. The second-order valence-electron chi connectivity index (χ2n) is 5.91. The number of aryl methyl sites for hydroxylation is 1. The molecule has 0 bridgehead atoms. The molecule has 2 unspecified atom stereocenters. The molecule has 0 fully saturated rings. The van der Waals surface area contributed by atoms with E-state index in [-0.39, 0.29) is 11.8 Å². The van der Waals surface area contributed by atoms with E-state index in [1.54, 1.807) is 0 Å². The minimum Gasteiger partial charge on any atom is -0.326 e. The Kier molecular flexibility index (Phi) is 4.27. The predicted molar refractivity (Wildman–Crippen MR) is 88.2 cm³/mol. The SMILES string of the molecule is Cc1ccnc2c1C(C=O)CC(c1cc(Cl)ccc1CN)C2. The lowest BCUT2D eigenvalue weighted by Gasteiger charge is -2.30. The van der Waals surface area contributed by atoms with Crippen molar-refractivity contribution in [2.75, 3.05) is 0 Å². The number of hydrogen-bond donors (Lipinski definition) is 1. The summed E-state index contributed by atoms with van der Waals surface area (Å²) in [4.78, 5) is 16.1. The van der Waals surface area contributed by atoms with Crippen molar-refractivity contribution in [2.45, 2.75) is 38.1 Å². The van der Waals surface area contributed by atoms with Crippen molar-refractivity contribution < 1.29 is 4.79 Å². The Morgan fingerprint density at radius 2 is 2.23 bits per heavy atom. The molecule has 0 radical (unpaired) electrons. The monoisotopic (exact) mass is 314 g/mol. The molecule has 4 heteroatoms. The van der Waals surface area contributed by atoms with Gasteiger partial charge in [0.25, 0.3) is 0 Å². The summed E-state index contributed by atoms with van der Waals surface area (Å²) >= 11 is 6.16. The second kappa shape index (κ2) is 6.19. The fourth-order valence-electron chi connectivity index (χ4n) is 3.53. The number of hydrogen-bond acceptors (Lipinski definition) is 3. The molecule has 3 nitrogen and oxygen atoms in total. The fourth-order valence-corrected chi connectivity index (χ4v) is 3.71. The first-order valence-corrected chi connectivity index (χ1v) is 7.90. The zero-order valence-electron chi connectivity index (χ0n) is 12.6. The normalized spacial score (nSPS) is 20.5. The van der Waals surface area contributed by atoms with Crippen LogP contribution < -0.4 is 5.73 Å². The van der Waals surface area contributed by atoms with E-state index in [1.807, 2.05) is 37.4 Å². The quantitative estimate of drug-likeness (QED) is 0.882. The van der Waals surface area contributed by atoms with Crippen LogP contribution >= 0.6 is 11.6 Å². The number of halogens is 1. The molecule has 0 saturated heterocycles. The van der Waals surface area contributed by atoms with Crippen molar-refractivity contribution in [3.05, 3.63) is 63.4 Å². The molecule has 114 valence electrons. The van der Waals surface area contributed by atoms with E-state index in [0.29, 0.717) is 11.6 Å². The summed E-state index contributed by atoms with van der Waals surface area (Å²) < 4.78 is 0. The number of fused-ring (bicyclic) bond motifs is 1. The molecule has 2 atom stereocenters. The molecule has 0 saturated carbocycles. The first-order valence-electron chi connectivity index (χ1n) is 7.52. The number of nitrogens with two attached hydrogens (primary N) is 1. The number of carbonyl (C=O) groups is 1. The van der Waals surface area contributed by atoms with Crippen LogP contribution in [0, 0.1) is 6.92 Å². The van der Waals surface area contributed by atoms with Gasteiger partial charge in [0.2, 0.25) is 0 Å². The van der Waals surface area contributed by atoms with Crippen LogP contribution in [0.3, 0.4) is 0 Å². The van der Waals surface area contributed by atoms with Crippen LogP contribution in [0.15, 0.2) is 30.5 Å². The third-order valence-corrected chi connectivity index (χ3v) is 4.81. The van der Waals surface area contributed by atoms with E-state index in [4.69, 9.17) is 17.3 Å². The molecule has 1 aliphatic carbocycles. The minimum absolute atomic E-state index is 0.105. The van der Waals surface area contributed by atoms with E-state index >= 15 is 0 Å². The van der Waals surface area contributed by atoms with Crippen LogP contribution in [0.4, 0.5) is 0 Å². The average Bonchev–Trinajstić information content (AvgIpc) is 2.54. The lowest BCUT2D eigenvalue weighted by Crippen LogP contribution is -2.22. The maximum absolute atomic E-state index is 11.6. The molecule has 22 heavy (non-hydrogen) atoms. The summed E-state index contributed by atoms with van der Waals surface area (Å²) in [6.45, 7) is 2.52. The Balaban J connectivity index is 2.05. The Labute approximate surface area is 135 Å². The van der Waals surface area contributed by atoms with Gasteiger partial charge in [0.1, 0.15) is 6.29 Å². The number of aromatic nitrogens is 1. The molecule has 1 aliphatic rings. The highest BCUT2D eigenvalue weighted by Gasteiger charge is 2.30. The van der Waals surface area contributed by atoms with E-state index in [2.05, 4.69) is 4.98 Å². The van der Waals surface area contributed by atoms with Gasteiger partial charge < -0.3 is 10.5 Å². The summed E-state index contributed by atoms with van der Waals surface area (Å²) in [5.41, 5.74) is 11.4. The first-order chi connectivity index (χ1) is 10.6. The van der Waals surface area contributed by atoms with Crippen LogP contribution in [0.5, 0.6) is 0 Å². The van der Waals surface area contributed by atoms with Gasteiger partial charge in [0, 0.05) is 29.4 Å². The number of benzene rings is 1. The van der Waals surface area contributed by atoms with Crippen molar-refractivity contribution in [1.82, 2.24) is 4.98 Å². The van der Waals surface area contributed by atoms with Crippen molar-refractivity contribution >= 4 is 17.9 Å². The van der Waals surface area contributed by atoms with Gasteiger partial charge in [-0.05, 0) is 66.1 Å². The highest BCUT2D eigenvalue weighted by molar-refractivity contribution is 6.30. The average molecular weight is 315 g/mol. The largest absolute Gasteiger partial charge is 0.326 e. The zero-order valence-corrected chi connectivity index (χ0v) is 13.3. The maximum atomic E-state index is 11.6. The molecule has 2 aromatic rings. The molecular formula is C18H19ClN2O. The third-order valence-electron chi connectivity index (χ3n) is 4.57. The van der Waals surface area contributed by atoms with Crippen LogP contribution in [0.2, 0.25) is 5.02 Å². The number of carbonyl (C=O) groups excluding carboxylic acids is 1. The predicted octanol–water partition coefficient (Wildman–Crippen LogP) is 3.51. The topological polar surface area (TPSA) is 56.0 Å². The van der Waals surface area contributed by atoms with Gasteiger partial charge >= 0.3 is 0 Å². The molecule has 1 aromatic heterocycles. The number of rotatable bonds is 3. The van der Waals surface area contributed by atoms with Gasteiger partial charge in [-0.3, -0.25) is 4.98 Å². The molecule has 0 spiro atoms.